The van der Waals surface area contributed by atoms with E-state index in [4.69, 9.17) is 4.74 Å². The molecule has 0 aliphatic heterocycles. The third-order valence-electron chi connectivity index (χ3n) is 4.58. The monoisotopic (exact) mass is 472 g/mol. The lowest BCUT2D eigenvalue weighted by Gasteiger charge is -2.20. The van der Waals surface area contributed by atoms with Gasteiger partial charge < -0.3 is 10.2 Å². The molecule has 0 fully saturated rings. The first-order chi connectivity index (χ1) is 16.4. The Morgan fingerprint density at radius 2 is 1.65 bits per heavy atom. The number of allylic oxidation sites excluding steroid dienone is 1. The fourth-order valence-corrected chi connectivity index (χ4v) is 3.12. The second-order valence-electron chi connectivity index (χ2n) is 6.81. The zero-order valence-electron chi connectivity index (χ0n) is 21.7. The maximum atomic E-state index is 12.6. The summed E-state index contributed by atoms with van der Waals surface area (Å²) >= 11 is 0. The van der Waals surface area contributed by atoms with Gasteiger partial charge in [-0.1, -0.05) is 65.3 Å². The number of nitro benzene ring substituents is 1. The molecule has 3 N–H and O–H groups in total. The summed E-state index contributed by atoms with van der Waals surface area (Å²) < 4.78 is 5.59. The number of alkyl carbamates (subject to hydrolysis) is 1. The molecule has 0 radical (unpaired) electrons. The van der Waals surface area contributed by atoms with Crippen LogP contribution in [0.15, 0.2) is 54.2 Å². The third kappa shape index (κ3) is 9.62. The van der Waals surface area contributed by atoms with Gasteiger partial charge in [0.1, 0.15) is 6.10 Å². The molecule has 0 bridgehead atoms. The van der Waals surface area contributed by atoms with Crippen LogP contribution in [0.25, 0.3) is 5.70 Å². The van der Waals surface area contributed by atoms with Gasteiger partial charge in [-0.2, -0.15) is 0 Å². The number of hydrazine groups is 1. The SMILES string of the molecule is CC.CC.CCC/C(NC(=O)OC(C)c1ccccc1C)=C(\NNC)c1ccc([N+](=O)[O-])cc1. The van der Waals surface area contributed by atoms with Gasteiger partial charge in [0.2, 0.25) is 0 Å². The Balaban J connectivity index is 0.00000258. The number of hydrogen-bond acceptors (Lipinski definition) is 6. The second-order valence-corrected chi connectivity index (χ2v) is 6.81. The summed E-state index contributed by atoms with van der Waals surface area (Å²) in [5, 5.41) is 13.8. The summed E-state index contributed by atoms with van der Waals surface area (Å²) in [5.41, 5.74) is 9.81. The van der Waals surface area contributed by atoms with E-state index in [0.717, 1.165) is 17.5 Å². The van der Waals surface area contributed by atoms with Gasteiger partial charge >= 0.3 is 6.09 Å². The Morgan fingerprint density at radius 3 is 2.15 bits per heavy atom. The fourth-order valence-electron chi connectivity index (χ4n) is 3.12. The molecule has 188 valence electrons. The van der Waals surface area contributed by atoms with Crippen LogP contribution in [0, 0.1) is 17.0 Å². The van der Waals surface area contributed by atoms with Crippen molar-refractivity contribution in [2.75, 3.05) is 7.05 Å². The lowest BCUT2D eigenvalue weighted by atomic mass is 10.0. The number of nitrogens with zero attached hydrogens (tertiary/aromatic N) is 1. The number of benzene rings is 2. The van der Waals surface area contributed by atoms with E-state index < -0.39 is 17.1 Å². The van der Waals surface area contributed by atoms with E-state index in [1.165, 1.54) is 12.1 Å². The maximum absolute atomic E-state index is 12.6. The minimum Gasteiger partial charge on any atom is -0.441 e. The van der Waals surface area contributed by atoms with Crippen LogP contribution in [0.3, 0.4) is 0 Å². The topological polar surface area (TPSA) is 106 Å². The molecule has 8 nitrogen and oxygen atoms in total. The van der Waals surface area contributed by atoms with Crippen molar-refractivity contribution in [3.05, 3.63) is 81.0 Å². The summed E-state index contributed by atoms with van der Waals surface area (Å²) in [6, 6.07) is 13.9. The van der Waals surface area contributed by atoms with Gasteiger partial charge in [0.15, 0.2) is 0 Å². The number of ether oxygens (including phenoxy) is 1. The highest BCUT2D eigenvalue weighted by molar-refractivity contribution is 5.76. The average Bonchev–Trinajstić information content (AvgIpc) is 2.85. The standard InChI is InChI=1S/C22H28N4O4.2C2H6/c1-5-8-20(21(25-23-4)17-11-13-18(14-12-17)26(28)29)24-22(27)30-16(3)19-10-7-6-9-15(19)2;2*1-2/h6-7,9-14,16,23,25H,5,8H2,1-4H3,(H,24,27);2*1-2H3/b21-20+;;. The summed E-state index contributed by atoms with van der Waals surface area (Å²) in [6.45, 7) is 13.8. The number of carbonyl (C=O) groups excluding carboxylic acids is 1. The largest absolute Gasteiger partial charge is 0.441 e. The van der Waals surface area contributed by atoms with Crippen LogP contribution >= 0.6 is 0 Å². The molecule has 2 aromatic carbocycles. The van der Waals surface area contributed by atoms with Gasteiger partial charge in [-0.05, 0) is 43.5 Å². The number of amides is 1. The second kappa shape index (κ2) is 17.1. The Kier molecular flexibility index (Phi) is 15.4. The number of nitro groups is 1. The normalized spacial score (nSPS) is 11.4. The summed E-state index contributed by atoms with van der Waals surface area (Å²) in [4.78, 5) is 23.1. The molecule has 2 rings (SSSR count). The number of non-ortho nitro benzene ring substituents is 1. The quantitative estimate of drug-likeness (QED) is 0.279. The van der Waals surface area contributed by atoms with E-state index >= 15 is 0 Å². The van der Waals surface area contributed by atoms with Crippen LogP contribution in [0.2, 0.25) is 0 Å². The highest BCUT2D eigenvalue weighted by Crippen LogP contribution is 2.23. The first-order valence-corrected chi connectivity index (χ1v) is 11.8. The van der Waals surface area contributed by atoms with Crippen molar-refractivity contribution >= 4 is 17.5 Å². The molecule has 0 aliphatic rings. The van der Waals surface area contributed by atoms with Gasteiger partial charge in [0.05, 0.1) is 10.6 Å². The molecule has 1 unspecified atom stereocenters. The van der Waals surface area contributed by atoms with E-state index in [1.54, 1.807) is 19.2 Å². The molecule has 34 heavy (non-hydrogen) atoms. The first kappa shape index (κ1) is 30.6. The highest BCUT2D eigenvalue weighted by atomic mass is 16.6. The molecule has 1 amide bonds. The van der Waals surface area contributed by atoms with Crippen LogP contribution in [0.4, 0.5) is 10.5 Å². The Labute approximate surface area is 203 Å². The molecule has 0 saturated carbocycles. The van der Waals surface area contributed by atoms with E-state index in [2.05, 4.69) is 16.2 Å². The molecule has 0 saturated heterocycles. The van der Waals surface area contributed by atoms with Gasteiger partial charge in [-0.25, -0.2) is 10.2 Å². The smallest absolute Gasteiger partial charge is 0.412 e. The molecular weight excluding hydrogens is 432 g/mol. The Hall–Kier alpha value is -3.39. The zero-order valence-corrected chi connectivity index (χ0v) is 21.7. The summed E-state index contributed by atoms with van der Waals surface area (Å²) in [6.07, 6.45) is 0.389. The molecular formula is C26H40N4O4. The van der Waals surface area contributed by atoms with Crippen LogP contribution in [0.1, 0.15) is 77.2 Å². The van der Waals surface area contributed by atoms with Gasteiger partial charge in [0, 0.05) is 30.4 Å². The minimum atomic E-state index is -0.563. The Bertz CT molecular complexity index is 911. The number of carbonyl (C=O) groups is 1. The van der Waals surface area contributed by atoms with Crippen molar-refractivity contribution in [2.24, 2.45) is 0 Å². The molecule has 1 atom stereocenters. The lowest BCUT2D eigenvalue weighted by molar-refractivity contribution is -0.384. The minimum absolute atomic E-state index is 0.000904. The van der Waals surface area contributed by atoms with Gasteiger partial charge in [0.25, 0.3) is 5.69 Å². The molecule has 2 aromatic rings. The van der Waals surface area contributed by atoms with E-state index in [-0.39, 0.29) is 5.69 Å². The summed E-state index contributed by atoms with van der Waals surface area (Å²) in [5.74, 6) is 0. The van der Waals surface area contributed by atoms with Crippen molar-refractivity contribution in [2.45, 2.75) is 67.4 Å². The number of rotatable bonds is 9. The van der Waals surface area contributed by atoms with Crippen molar-refractivity contribution in [3.8, 4) is 0 Å². The van der Waals surface area contributed by atoms with Crippen molar-refractivity contribution in [1.29, 1.82) is 0 Å². The zero-order chi connectivity index (χ0) is 26.1. The average molecular weight is 473 g/mol. The predicted octanol–water partition coefficient (Wildman–Crippen LogP) is 6.64. The van der Waals surface area contributed by atoms with Crippen molar-refractivity contribution in [3.63, 3.8) is 0 Å². The highest BCUT2D eigenvalue weighted by Gasteiger charge is 2.17. The van der Waals surface area contributed by atoms with Crippen molar-refractivity contribution < 1.29 is 14.5 Å². The third-order valence-corrected chi connectivity index (χ3v) is 4.58. The van der Waals surface area contributed by atoms with Gasteiger partial charge in [-0.15, -0.1) is 0 Å². The molecule has 0 aliphatic carbocycles. The fraction of sp³-hybridized carbons (Fsp3) is 0.423. The predicted molar refractivity (Wildman–Crippen MR) is 139 cm³/mol. The number of hydrogen-bond donors (Lipinski definition) is 3. The van der Waals surface area contributed by atoms with Gasteiger partial charge in [-0.3, -0.25) is 15.4 Å². The van der Waals surface area contributed by atoms with Crippen molar-refractivity contribution in [1.82, 2.24) is 16.2 Å². The maximum Gasteiger partial charge on any atom is 0.412 e. The van der Waals surface area contributed by atoms with Crippen LogP contribution in [-0.4, -0.2) is 18.1 Å². The first-order valence-electron chi connectivity index (χ1n) is 11.8. The number of aryl methyl sites for hydroxylation is 1. The van der Waals surface area contributed by atoms with Crippen LogP contribution in [-0.2, 0) is 4.74 Å². The molecule has 0 heterocycles. The Morgan fingerprint density at radius 1 is 1.06 bits per heavy atom. The van der Waals surface area contributed by atoms with E-state index in [1.807, 2.05) is 72.7 Å². The molecule has 8 heteroatoms. The molecule has 0 aromatic heterocycles. The summed E-state index contributed by atoms with van der Waals surface area (Å²) in [7, 11) is 1.70. The number of nitrogens with one attached hydrogen (secondary N) is 3. The lowest BCUT2D eigenvalue weighted by Crippen LogP contribution is -2.32. The van der Waals surface area contributed by atoms with Crippen LogP contribution in [0.5, 0.6) is 0 Å². The van der Waals surface area contributed by atoms with E-state index in [9.17, 15) is 14.9 Å². The molecule has 0 spiro atoms. The van der Waals surface area contributed by atoms with Crippen LogP contribution < -0.4 is 16.2 Å². The van der Waals surface area contributed by atoms with E-state index in [0.29, 0.717) is 23.4 Å².